The predicted octanol–water partition coefficient (Wildman–Crippen LogP) is 3.74. The van der Waals surface area contributed by atoms with Crippen LogP contribution in [0.1, 0.15) is 35.7 Å². The molecule has 1 N–H and O–H groups in total. The van der Waals surface area contributed by atoms with Crippen molar-refractivity contribution >= 4 is 27.5 Å². The minimum atomic E-state index is -3.76. The first kappa shape index (κ1) is 22.6. The lowest BCUT2D eigenvalue weighted by Crippen LogP contribution is -2.38. The van der Waals surface area contributed by atoms with Gasteiger partial charge in [0, 0.05) is 24.7 Å². The summed E-state index contributed by atoms with van der Waals surface area (Å²) in [5.41, 5.74) is 1.25. The third kappa shape index (κ3) is 5.53. The molecule has 1 amide bonds. The van der Waals surface area contributed by atoms with Crippen molar-refractivity contribution in [2.75, 3.05) is 26.7 Å². The van der Waals surface area contributed by atoms with Crippen LogP contribution in [0.3, 0.4) is 0 Å². The molecule has 0 aliphatic carbocycles. The van der Waals surface area contributed by atoms with Gasteiger partial charge in [-0.25, -0.2) is 13.1 Å². The number of benzene rings is 2. The van der Waals surface area contributed by atoms with Gasteiger partial charge in [-0.3, -0.25) is 4.79 Å². The molecule has 2 aromatic rings. The summed E-state index contributed by atoms with van der Waals surface area (Å²) in [7, 11) is -2.29. The Kier molecular flexibility index (Phi) is 7.39. The summed E-state index contributed by atoms with van der Waals surface area (Å²) in [4.78, 5) is 14.8. The van der Waals surface area contributed by atoms with Crippen molar-refractivity contribution in [3.8, 4) is 5.75 Å². The Balaban J connectivity index is 1.73. The number of ether oxygens (including phenoxy) is 1. The number of halogens is 1. The van der Waals surface area contributed by atoms with Gasteiger partial charge in [0.2, 0.25) is 10.0 Å². The van der Waals surface area contributed by atoms with Crippen LogP contribution in [0.25, 0.3) is 0 Å². The second kappa shape index (κ2) is 9.81. The third-order valence-corrected chi connectivity index (χ3v) is 7.11. The highest BCUT2D eigenvalue weighted by Crippen LogP contribution is 2.26. The fourth-order valence-electron chi connectivity index (χ4n) is 3.47. The van der Waals surface area contributed by atoms with Crippen LogP contribution in [0.5, 0.6) is 5.75 Å². The van der Waals surface area contributed by atoms with Crippen molar-refractivity contribution in [2.24, 2.45) is 5.92 Å². The van der Waals surface area contributed by atoms with Gasteiger partial charge >= 0.3 is 0 Å². The molecule has 0 saturated carbocycles. The first-order valence-electron chi connectivity index (χ1n) is 10.0. The highest BCUT2D eigenvalue weighted by Gasteiger charge is 2.26. The van der Waals surface area contributed by atoms with Gasteiger partial charge < -0.3 is 9.64 Å². The average Bonchev–Trinajstić information content (AvgIpc) is 2.74. The maximum absolute atomic E-state index is 13.0. The number of hydrogen-bond acceptors (Lipinski definition) is 4. The van der Waals surface area contributed by atoms with Crippen LogP contribution in [0.4, 0.5) is 0 Å². The zero-order valence-electron chi connectivity index (χ0n) is 17.2. The standard InChI is InChI=1S/C22H27ClN2O4S/c1-16-10-13-25(14-11-16)22(26)20-15-19(7-8-21(20)29-2)30(27,28)24-12-9-17-3-5-18(23)6-4-17/h3-8,15-16,24H,9-14H2,1-2H3. The van der Waals surface area contributed by atoms with Gasteiger partial charge in [0.15, 0.2) is 0 Å². The summed E-state index contributed by atoms with van der Waals surface area (Å²) < 4.78 is 33.5. The summed E-state index contributed by atoms with van der Waals surface area (Å²) in [6.07, 6.45) is 2.42. The molecule has 162 valence electrons. The highest BCUT2D eigenvalue weighted by molar-refractivity contribution is 7.89. The summed E-state index contributed by atoms with van der Waals surface area (Å²) in [6.45, 7) is 3.74. The van der Waals surface area contributed by atoms with Crippen LogP contribution < -0.4 is 9.46 Å². The summed E-state index contributed by atoms with van der Waals surface area (Å²) in [5, 5.41) is 0.637. The number of hydrogen-bond donors (Lipinski definition) is 1. The molecule has 1 heterocycles. The minimum Gasteiger partial charge on any atom is -0.496 e. The second-order valence-corrected chi connectivity index (χ2v) is 9.81. The minimum absolute atomic E-state index is 0.0492. The normalized spacial score (nSPS) is 15.2. The molecule has 0 aromatic heterocycles. The molecule has 30 heavy (non-hydrogen) atoms. The zero-order valence-corrected chi connectivity index (χ0v) is 18.8. The van der Waals surface area contributed by atoms with Crippen molar-refractivity contribution in [3.63, 3.8) is 0 Å². The van der Waals surface area contributed by atoms with Crippen LogP contribution in [0, 0.1) is 5.92 Å². The molecule has 0 unspecified atom stereocenters. The Labute approximate surface area is 183 Å². The summed E-state index contributed by atoms with van der Waals surface area (Å²) >= 11 is 5.87. The van der Waals surface area contributed by atoms with Crippen LogP contribution in [-0.4, -0.2) is 46.0 Å². The topological polar surface area (TPSA) is 75.7 Å². The SMILES string of the molecule is COc1ccc(S(=O)(=O)NCCc2ccc(Cl)cc2)cc1C(=O)N1CCC(C)CC1. The number of nitrogens with zero attached hydrogens (tertiary/aromatic N) is 1. The van der Waals surface area contributed by atoms with Gasteiger partial charge in [-0.05, 0) is 61.1 Å². The van der Waals surface area contributed by atoms with E-state index in [4.69, 9.17) is 16.3 Å². The van der Waals surface area contributed by atoms with Gasteiger partial charge in [-0.2, -0.15) is 0 Å². The Bertz CT molecular complexity index is 985. The Morgan fingerprint density at radius 1 is 1.17 bits per heavy atom. The number of rotatable bonds is 7. The number of nitrogens with one attached hydrogen (secondary N) is 1. The molecule has 3 rings (SSSR count). The lowest BCUT2D eigenvalue weighted by Gasteiger charge is -2.30. The largest absolute Gasteiger partial charge is 0.496 e. The Morgan fingerprint density at radius 2 is 1.83 bits per heavy atom. The number of carbonyl (C=O) groups excluding carboxylic acids is 1. The average molecular weight is 451 g/mol. The molecule has 6 nitrogen and oxygen atoms in total. The lowest BCUT2D eigenvalue weighted by molar-refractivity contribution is 0.0693. The van der Waals surface area contributed by atoms with E-state index in [-0.39, 0.29) is 22.9 Å². The number of amides is 1. The molecule has 0 radical (unpaired) electrons. The maximum Gasteiger partial charge on any atom is 0.257 e. The van der Waals surface area contributed by atoms with E-state index >= 15 is 0 Å². The number of carbonyl (C=O) groups is 1. The van der Waals surface area contributed by atoms with Crippen LogP contribution in [0.15, 0.2) is 47.4 Å². The molecule has 2 aromatic carbocycles. The quantitative estimate of drug-likeness (QED) is 0.697. The van der Waals surface area contributed by atoms with Crippen molar-refractivity contribution in [2.45, 2.75) is 31.1 Å². The van der Waals surface area contributed by atoms with Crippen LogP contribution in [0.2, 0.25) is 5.02 Å². The fraction of sp³-hybridized carbons (Fsp3) is 0.409. The molecule has 0 spiro atoms. The molecule has 1 aliphatic heterocycles. The van der Waals surface area contributed by atoms with Crippen LogP contribution >= 0.6 is 11.6 Å². The van der Waals surface area contributed by atoms with E-state index in [1.54, 1.807) is 17.0 Å². The van der Waals surface area contributed by atoms with E-state index in [0.717, 1.165) is 18.4 Å². The fourth-order valence-corrected chi connectivity index (χ4v) is 4.65. The number of sulfonamides is 1. The van der Waals surface area contributed by atoms with Gasteiger partial charge in [0.1, 0.15) is 5.75 Å². The molecular formula is C22H27ClN2O4S. The second-order valence-electron chi connectivity index (χ2n) is 7.61. The van der Waals surface area contributed by atoms with E-state index in [2.05, 4.69) is 11.6 Å². The van der Waals surface area contributed by atoms with Gasteiger partial charge in [0.05, 0.1) is 17.6 Å². The monoisotopic (exact) mass is 450 g/mol. The van der Waals surface area contributed by atoms with Crippen molar-refractivity contribution < 1.29 is 17.9 Å². The van der Waals surface area contributed by atoms with Crippen molar-refractivity contribution in [3.05, 3.63) is 58.6 Å². The molecule has 8 heteroatoms. The maximum atomic E-state index is 13.0. The zero-order chi connectivity index (χ0) is 21.7. The van der Waals surface area contributed by atoms with Crippen molar-refractivity contribution in [1.29, 1.82) is 0 Å². The molecule has 1 aliphatic rings. The van der Waals surface area contributed by atoms with E-state index in [9.17, 15) is 13.2 Å². The van der Waals surface area contributed by atoms with Gasteiger partial charge in [-0.1, -0.05) is 30.7 Å². The van der Waals surface area contributed by atoms with Gasteiger partial charge in [0.25, 0.3) is 5.91 Å². The highest BCUT2D eigenvalue weighted by atomic mass is 35.5. The van der Waals surface area contributed by atoms with Crippen molar-refractivity contribution in [1.82, 2.24) is 9.62 Å². The number of methoxy groups -OCH3 is 1. The number of piperidine rings is 1. The van der Waals surface area contributed by atoms with Crippen LogP contribution in [-0.2, 0) is 16.4 Å². The first-order valence-corrected chi connectivity index (χ1v) is 11.9. The molecule has 0 bridgehead atoms. The third-order valence-electron chi connectivity index (χ3n) is 5.40. The van der Waals surface area contributed by atoms with E-state index in [0.29, 0.717) is 36.2 Å². The molecule has 1 saturated heterocycles. The van der Waals surface area contributed by atoms with E-state index < -0.39 is 10.0 Å². The predicted molar refractivity (Wildman–Crippen MR) is 118 cm³/mol. The van der Waals surface area contributed by atoms with E-state index in [1.807, 2.05) is 12.1 Å². The smallest absolute Gasteiger partial charge is 0.257 e. The number of likely N-dealkylation sites (tertiary alicyclic amines) is 1. The molecule has 0 atom stereocenters. The molecular weight excluding hydrogens is 424 g/mol. The molecule has 1 fully saturated rings. The summed E-state index contributed by atoms with van der Waals surface area (Å²) in [6, 6.07) is 11.7. The first-order chi connectivity index (χ1) is 14.3. The van der Waals surface area contributed by atoms with E-state index in [1.165, 1.54) is 25.3 Å². The lowest BCUT2D eigenvalue weighted by atomic mass is 9.98. The Hall–Kier alpha value is -2.09. The summed E-state index contributed by atoms with van der Waals surface area (Å²) in [5.74, 6) is 0.767. The Morgan fingerprint density at radius 3 is 2.47 bits per heavy atom. The van der Waals surface area contributed by atoms with Gasteiger partial charge in [-0.15, -0.1) is 0 Å².